The van der Waals surface area contributed by atoms with Crippen molar-refractivity contribution < 1.29 is 14.3 Å². The fourth-order valence-electron chi connectivity index (χ4n) is 1.82. The van der Waals surface area contributed by atoms with E-state index in [1.807, 2.05) is 6.07 Å². The van der Waals surface area contributed by atoms with E-state index in [-0.39, 0.29) is 10.6 Å². The lowest BCUT2D eigenvalue weighted by atomic mass is 10.2. The molecule has 23 heavy (non-hydrogen) atoms. The van der Waals surface area contributed by atoms with Crippen LogP contribution in [-0.2, 0) is 9.53 Å². The molecule has 7 nitrogen and oxygen atoms in total. The Balaban J connectivity index is 2.03. The van der Waals surface area contributed by atoms with Crippen LogP contribution in [-0.4, -0.2) is 22.4 Å². The lowest BCUT2D eigenvalue weighted by Crippen LogP contribution is -2.30. The zero-order chi connectivity index (χ0) is 17.0. The van der Waals surface area contributed by atoms with Crippen LogP contribution in [0.1, 0.15) is 28.5 Å². The second kappa shape index (κ2) is 6.89. The number of nitriles is 1. The highest BCUT2D eigenvalue weighted by molar-refractivity contribution is 7.10. The smallest absolute Gasteiger partial charge is 0.343 e. The van der Waals surface area contributed by atoms with Crippen molar-refractivity contribution in [1.29, 1.82) is 5.26 Å². The van der Waals surface area contributed by atoms with Crippen LogP contribution in [0.4, 0.5) is 10.7 Å². The number of nitrogens with one attached hydrogen (secondary N) is 1. The standard InChI is InChI=1S/C15H14N4O3S/c1-8-12(13(17)23-19-8)15(21)22-9(2)14(20)18-11-5-3-4-10(6-11)7-16/h3-6,9H,17H2,1-2H3,(H,18,20)/t9-/m0/s1. The first-order valence-corrected chi connectivity index (χ1v) is 7.43. The second-order valence-corrected chi connectivity index (χ2v) is 5.54. The molecule has 2 rings (SSSR count). The predicted molar refractivity (Wildman–Crippen MR) is 85.9 cm³/mol. The van der Waals surface area contributed by atoms with E-state index in [1.165, 1.54) is 13.0 Å². The van der Waals surface area contributed by atoms with Gasteiger partial charge in [0.2, 0.25) is 0 Å². The molecule has 1 heterocycles. The van der Waals surface area contributed by atoms with E-state index in [0.29, 0.717) is 16.9 Å². The minimum absolute atomic E-state index is 0.182. The largest absolute Gasteiger partial charge is 0.449 e. The second-order valence-electron chi connectivity index (χ2n) is 4.74. The third kappa shape index (κ3) is 3.84. The summed E-state index contributed by atoms with van der Waals surface area (Å²) in [6.07, 6.45) is -1.02. The van der Waals surface area contributed by atoms with Crippen LogP contribution in [0.3, 0.4) is 0 Å². The maximum absolute atomic E-state index is 12.1. The van der Waals surface area contributed by atoms with E-state index in [2.05, 4.69) is 9.69 Å². The number of carbonyl (C=O) groups excluding carboxylic acids is 2. The number of rotatable bonds is 4. The number of amides is 1. The first-order valence-electron chi connectivity index (χ1n) is 6.66. The predicted octanol–water partition coefficient (Wildman–Crippen LogP) is 2.09. The van der Waals surface area contributed by atoms with Crippen LogP contribution >= 0.6 is 11.5 Å². The molecule has 1 amide bonds. The number of benzene rings is 1. The molecule has 0 unspecified atom stereocenters. The zero-order valence-corrected chi connectivity index (χ0v) is 13.3. The van der Waals surface area contributed by atoms with Gasteiger partial charge in [0.25, 0.3) is 5.91 Å². The quantitative estimate of drug-likeness (QED) is 0.829. The minimum atomic E-state index is -1.02. The highest BCUT2D eigenvalue weighted by atomic mass is 32.1. The number of aryl methyl sites for hydroxylation is 1. The summed E-state index contributed by atoms with van der Waals surface area (Å²) in [4.78, 5) is 24.1. The Bertz CT molecular complexity index is 775. The van der Waals surface area contributed by atoms with Gasteiger partial charge in [-0.1, -0.05) is 6.07 Å². The molecule has 0 aliphatic rings. The van der Waals surface area contributed by atoms with Gasteiger partial charge >= 0.3 is 5.97 Å². The Hall–Kier alpha value is -2.92. The van der Waals surface area contributed by atoms with E-state index in [9.17, 15) is 9.59 Å². The summed E-state index contributed by atoms with van der Waals surface area (Å²) >= 11 is 0.997. The molecular formula is C15H14N4O3S. The van der Waals surface area contributed by atoms with Crippen molar-refractivity contribution >= 4 is 34.1 Å². The van der Waals surface area contributed by atoms with Crippen LogP contribution in [0.2, 0.25) is 0 Å². The highest BCUT2D eigenvalue weighted by Gasteiger charge is 2.23. The SMILES string of the molecule is Cc1nsc(N)c1C(=O)O[C@@H](C)C(=O)Nc1cccc(C#N)c1. The maximum atomic E-state index is 12.1. The zero-order valence-electron chi connectivity index (χ0n) is 12.5. The van der Waals surface area contributed by atoms with Gasteiger partial charge in [0.1, 0.15) is 10.6 Å². The van der Waals surface area contributed by atoms with Crippen molar-refractivity contribution in [2.45, 2.75) is 20.0 Å². The molecule has 3 N–H and O–H groups in total. The highest BCUT2D eigenvalue weighted by Crippen LogP contribution is 2.22. The Morgan fingerprint density at radius 2 is 2.22 bits per heavy atom. The molecule has 1 atom stereocenters. The maximum Gasteiger partial charge on any atom is 0.343 e. The normalized spacial score (nSPS) is 11.3. The molecule has 0 aliphatic heterocycles. The number of nitrogens with two attached hydrogens (primary N) is 1. The minimum Gasteiger partial charge on any atom is -0.449 e. The lowest BCUT2D eigenvalue weighted by molar-refractivity contribution is -0.123. The monoisotopic (exact) mass is 330 g/mol. The Morgan fingerprint density at radius 1 is 1.48 bits per heavy atom. The molecular weight excluding hydrogens is 316 g/mol. The van der Waals surface area contributed by atoms with E-state index < -0.39 is 18.0 Å². The first kappa shape index (κ1) is 16.5. The first-order chi connectivity index (χ1) is 10.9. The van der Waals surface area contributed by atoms with Crippen molar-refractivity contribution in [3.05, 3.63) is 41.1 Å². The molecule has 0 spiro atoms. The average molecular weight is 330 g/mol. The van der Waals surface area contributed by atoms with Gasteiger partial charge in [0.05, 0.1) is 17.3 Å². The van der Waals surface area contributed by atoms with Gasteiger partial charge in [-0.2, -0.15) is 9.64 Å². The van der Waals surface area contributed by atoms with Crippen LogP contribution in [0.15, 0.2) is 24.3 Å². The number of anilines is 2. The molecule has 0 radical (unpaired) electrons. The van der Waals surface area contributed by atoms with Gasteiger partial charge in [0, 0.05) is 5.69 Å². The van der Waals surface area contributed by atoms with Crippen molar-refractivity contribution in [3.8, 4) is 6.07 Å². The van der Waals surface area contributed by atoms with Crippen LogP contribution in [0.5, 0.6) is 0 Å². The third-order valence-electron chi connectivity index (χ3n) is 3.01. The fourth-order valence-corrected chi connectivity index (χ4v) is 2.47. The average Bonchev–Trinajstić information content (AvgIpc) is 2.86. The van der Waals surface area contributed by atoms with Crippen molar-refractivity contribution in [3.63, 3.8) is 0 Å². The Kier molecular flexibility index (Phi) is 4.93. The van der Waals surface area contributed by atoms with Gasteiger partial charge in [0.15, 0.2) is 6.10 Å². The van der Waals surface area contributed by atoms with Crippen LogP contribution in [0, 0.1) is 18.3 Å². The number of nitrogens with zero attached hydrogens (tertiary/aromatic N) is 2. The summed E-state index contributed by atoms with van der Waals surface area (Å²) in [5.74, 6) is -1.20. The van der Waals surface area contributed by atoms with E-state index in [0.717, 1.165) is 11.5 Å². The molecule has 8 heteroatoms. The van der Waals surface area contributed by atoms with Gasteiger partial charge in [-0.3, -0.25) is 4.79 Å². The van der Waals surface area contributed by atoms with Crippen molar-refractivity contribution in [2.75, 3.05) is 11.1 Å². The van der Waals surface area contributed by atoms with E-state index >= 15 is 0 Å². The number of esters is 1. The number of ether oxygens (including phenoxy) is 1. The Labute approximate surface area is 136 Å². The number of carbonyl (C=O) groups is 2. The van der Waals surface area contributed by atoms with Gasteiger partial charge < -0.3 is 15.8 Å². The third-order valence-corrected chi connectivity index (χ3v) is 3.77. The summed E-state index contributed by atoms with van der Waals surface area (Å²) < 4.78 is 9.08. The summed E-state index contributed by atoms with van der Waals surface area (Å²) in [6.45, 7) is 3.09. The molecule has 0 aliphatic carbocycles. The molecule has 1 aromatic heterocycles. The number of hydrogen-bond donors (Lipinski definition) is 2. The summed E-state index contributed by atoms with van der Waals surface area (Å²) in [6, 6.07) is 8.40. The van der Waals surface area contributed by atoms with Crippen molar-refractivity contribution in [1.82, 2.24) is 4.37 Å². The molecule has 0 fully saturated rings. The number of hydrogen-bond acceptors (Lipinski definition) is 7. The van der Waals surface area contributed by atoms with Crippen LogP contribution in [0.25, 0.3) is 0 Å². The van der Waals surface area contributed by atoms with Gasteiger partial charge in [-0.25, -0.2) is 4.79 Å². The lowest BCUT2D eigenvalue weighted by Gasteiger charge is -2.13. The fraction of sp³-hybridized carbons (Fsp3) is 0.200. The molecule has 1 aromatic carbocycles. The summed E-state index contributed by atoms with van der Waals surface area (Å²) in [7, 11) is 0. The van der Waals surface area contributed by atoms with E-state index in [1.54, 1.807) is 25.1 Å². The Morgan fingerprint density at radius 3 is 2.83 bits per heavy atom. The molecule has 0 saturated carbocycles. The number of aromatic nitrogens is 1. The molecule has 0 bridgehead atoms. The van der Waals surface area contributed by atoms with Crippen molar-refractivity contribution in [2.24, 2.45) is 0 Å². The summed E-state index contributed by atoms with van der Waals surface area (Å²) in [5.41, 5.74) is 7.19. The number of nitrogen functional groups attached to an aromatic ring is 1. The van der Waals surface area contributed by atoms with E-state index in [4.69, 9.17) is 15.7 Å². The molecule has 0 saturated heterocycles. The van der Waals surface area contributed by atoms with Gasteiger partial charge in [-0.15, -0.1) is 0 Å². The van der Waals surface area contributed by atoms with Gasteiger partial charge in [-0.05, 0) is 43.6 Å². The molecule has 2 aromatic rings. The van der Waals surface area contributed by atoms with Crippen LogP contribution < -0.4 is 11.1 Å². The summed E-state index contributed by atoms with van der Waals surface area (Å²) in [5, 5.41) is 11.7. The topological polar surface area (TPSA) is 118 Å². The molecule has 118 valence electrons.